The van der Waals surface area contributed by atoms with Crippen LogP contribution >= 0.6 is 0 Å². The topological polar surface area (TPSA) is 129 Å². The van der Waals surface area contributed by atoms with E-state index in [1.54, 1.807) is 30.0 Å². The van der Waals surface area contributed by atoms with Crippen molar-refractivity contribution in [2.45, 2.75) is 39.1 Å². The minimum absolute atomic E-state index is 0.0916. The molecule has 0 saturated carbocycles. The molecule has 1 aliphatic rings. The summed E-state index contributed by atoms with van der Waals surface area (Å²) >= 11 is 0. The number of alkyl halides is 1. The molecule has 0 bridgehead atoms. The van der Waals surface area contributed by atoms with Gasteiger partial charge in [-0.05, 0) is 38.3 Å². The van der Waals surface area contributed by atoms with Crippen molar-refractivity contribution in [3.63, 3.8) is 0 Å². The summed E-state index contributed by atoms with van der Waals surface area (Å²) in [4.78, 5) is 30.7. The summed E-state index contributed by atoms with van der Waals surface area (Å²) in [5, 5.41) is 9.56. The minimum atomic E-state index is -3.86. The molecule has 186 valence electrons. The van der Waals surface area contributed by atoms with Gasteiger partial charge in [0, 0.05) is 19.0 Å². The number of nitrogens with zero attached hydrogens (tertiary/aromatic N) is 3. The highest BCUT2D eigenvalue weighted by Gasteiger charge is 2.30. The summed E-state index contributed by atoms with van der Waals surface area (Å²) in [5.41, 5.74) is 1.38. The van der Waals surface area contributed by atoms with Gasteiger partial charge in [0.1, 0.15) is 18.6 Å². The summed E-state index contributed by atoms with van der Waals surface area (Å²) in [5.74, 6) is -1.94. The fourth-order valence-corrected chi connectivity index (χ4v) is 5.16. The van der Waals surface area contributed by atoms with Crippen LogP contribution < -0.4 is 9.62 Å². The number of hydrogen-bond acceptors (Lipinski definition) is 8. The zero-order valence-corrected chi connectivity index (χ0v) is 20.4. The number of pyridine rings is 1. The second-order valence-electron chi connectivity index (χ2n) is 8.30. The van der Waals surface area contributed by atoms with Crippen molar-refractivity contribution in [1.82, 2.24) is 9.71 Å². The number of aryl methyl sites for hydroxylation is 1. The molecule has 1 amide bonds. The molecule has 1 aliphatic heterocycles. The van der Waals surface area contributed by atoms with Crippen LogP contribution in [0, 0.1) is 24.2 Å². The van der Waals surface area contributed by atoms with Gasteiger partial charge in [0.25, 0.3) is 0 Å². The van der Waals surface area contributed by atoms with E-state index in [-0.39, 0.29) is 35.0 Å². The van der Waals surface area contributed by atoms with Crippen LogP contribution in [-0.2, 0) is 32.0 Å². The average molecular weight is 503 g/mol. The molecule has 0 spiro atoms. The molecule has 0 atom stereocenters. The Morgan fingerprint density at radius 2 is 2.00 bits per heavy atom. The first-order chi connectivity index (χ1) is 16.7. The van der Waals surface area contributed by atoms with Crippen molar-refractivity contribution in [3.8, 4) is 6.07 Å². The van der Waals surface area contributed by atoms with Crippen molar-refractivity contribution in [2.75, 3.05) is 24.6 Å². The number of amides is 1. The summed E-state index contributed by atoms with van der Waals surface area (Å²) in [7, 11) is -3.86. The Labute approximate surface area is 204 Å². The first kappa shape index (κ1) is 26.1. The number of nitrogens with one attached hydrogen (secondary N) is 1. The molecular weight excluding hydrogens is 475 g/mol. The SMILES string of the molecule is CCOC(=O)c1cc(C#N)c(N2CCC(C(=O)NS(=O)(=O)Cc3cccc(C)c3)CC2)nc1CF. The van der Waals surface area contributed by atoms with Gasteiger partial charge in [-0.15, -0.1) is 0 Å². The molecule has 2 heterocycles. The van der Waals surface area contributed by atoms with Gasteiger partial charge in [-0.1, -0.05) is 29.8 Å². The van der Waals surface area contributed by atoms with Crippen LogP contribution in [0.2, 0.25) is 0 Å². The highest BCUT2D eigenvalue weighted by atomic mass is 32.2. The molecule has 1 fully saturated rings. The largest absolute Gasteiger partial charge is 0.462 e. The number of carbonyl (C=O) groups is 2. The number of halogens is 1. The molecule has 1 N–H and O–H groups in total. The maximum atomic E-state index is 13.6. The molecule has 1 aromatic heterocycles. The maximum Gasteiger partial charge on any atom is 0.340 e. The van der Waals surface area contributed by atoms with Gasteiger partial charge in [0.05, 0.1) is 29.2 Å². The summed E-state index contributed by atoms with van der Waals surface area (Å²) in [6.45, 7) is 3.18. The van der Waals surface area contributed by atoms with Crippen LogP contribution in [0.5, 0.6) is 0 Å². The highest BCUT2D eigenvalue weighted by molar-refractivity contribution is 7.89. The van der Waals surface area contributed by atoms with E-state index in [2.05, 4.69) is 9.71 Å². The van der Waals surface area contributed by atoms with Gasteiger partial charge in [-0.3, -0.25) is 9.52 Å². The zero-order chi connectivity index (χ0) is 25.6. The molecule has 0 aliphatic carbocycles. The maximum absolute atomic E-state index is 13.6. The summed E-state index contributed by atoms with van der Waals surface area (Å²) in [6, 6.07) is 10.3. The van der Waals surface area contributed by atoms with E-state index in [0.717, 1.165) is 5.56 Å². The van der Waals surface area contributed by atoms with Gasteiger partial charge < -0.3 is 9.64 Å². The number of rotatable bonds is 8. The quantitative estimate of drug-likeness (QED) is 0.546. The number of benzene rings is 1. The molecule has 35 heavy (non-hydrogen) atoms. The van der Waals surface area contributed by atoms with Crippen LogP contribution in [0.4, 0.5) is 10.2 Å². The Hall–Kier alpha value is -3.52. The predicted molar refractivity (Wildman–Crippen MR) is 127 cm³/mol. The van der Waals surface area contributed by atoms with Gasteiger partial charge in [0.2, 0.25) is 15.9 Å². The number of nitriles is 1. The molecule has 11 heteroatoms. The van der Waals surface area contributed by atoms with Gasteiger partial charge in [-0.2, -0.15) is 5.26 Å². The number of carbonyl (C=O) groups excluding carboxylic acids is 2. The van der Waals surface area contributed by atoms with Gasteiger partial charge in [0.15, 0.2) is 0 Å². The third-order valence-electron chi connectivity index (χ3n) is 5.68. The van der Waals surface area contributed by atoms with E-state index in [0.29, 0.717) is 31.5 Å². The van der Waals surface area contributed by atoms with E-state index in [1.807, 2.05) is 19.1 Å². The molecule has 2 aromatic rings. The van der Waals surface area contributed by atoms with E-state index in [9.17, 15) is 27.7 Å². The van der Waals surface area contributed by atoms with Crippen LogP contribution in [0.3, 0.4) is 0 Å². The number of hydrogen-bond donors (Lipinski definition) is 1. The van der Waals surface area contributed by atoms with Crippen molar-refractivity contribution in [3.05, 3.63) is 58.3 Å². The van der Waals surface area contributed by atoms with E-state index in [1.165, 1.54) is 6.07 Å². The molecule has 1 saturated heterocycles. The smallest absolute Gasteiger partial charge is 0.340 e. The molecular formula is C24H27FN4O5S. The van der Waals surface area contributed by atoms with E-state index >= 15 is 0 Å². The van der Waals surface area contributed by atoms with Crippen molar-refractivity contribution >= 4 is 27.7 Å². The van der Waals surface area contributed by atoms with Crippen LogP contribution in [0.1, 0.15) is 52.5 Å². The monoisotopic (exact) mass is 502 g/mol. The third-order valence-corrected chi connectivity index (χ3v) is 6.91. The Morgan fingerprint density at radius 3 is 2.60 bits per heavy atom. The predicted octanol–water partition coefficient (Wildman–Crippen LogP) is 2.77. The first-order valence-corrected chi connectivity index (χ1v) is 12.8. The normalized spacial score (nSPS) is 14.3. The lowest BCUT2D eigenvalue weighted by Crippen LogP contribution is -2.43. The Morgan fingerprint density at radius 1 is 1.29 bits per heavy atom. The molecule has 0 radical (unpaired) electrons. The lowest BCUT2D eigenvalue weighted by atomic mass is 9.96. The van der Waals surface area contributed by atoms with Gasteiger partial charge >= 0.3 is 5.97 Å². The van der Waals surface area contributed by atoms with E-state index in [4.69, 9.17) is 4.74 Å². The van der Waals surface area contributed by atoms with E-state index < -0.39 is 34.5 Å². The Kier molecular flexibility index (Phi) is 8.40. The van der Waals surface area contributed by atoms with Crippen molar-refractivity contribution in [2.24, 2.45) is 5.92 Å². The number of ether oxygens (including phenoxy) is 1. The fourth-order valence-electron chi connectivity index (χ4n) is 4.00. The average Bonchev–Trinajstić information content (AvgIpc) is 2.82. The number of anilines is 1. The summed E-state index contributed by atoms with van der Waals surface area (Å²) < 4.78 is 45.6. The Balaban J connectivity index is 1.67. The summed E-state index contributed by atoms with van der Waals surface area (Å²) in [6.07, 6.45) is 0.645. The van der Waals surface area contributed by atoms with Crippen molar-refractivity contribution in [1.29, 1.82) is 5.26 Å². The number of sulfonamides is 1. The zero-order valence-electron chi connectivity index (χ0n) is 19.6. The molecule has 0 unspecified atom stereocenters. The van der Waals surface area contributed by atoms with Gasteiger partial charge in [-0.25, -0.2) is 22.6 Å². The molecule has 9 nitrogen and oxygen atoms in total. The lowest BCUT2D eigenvalue weighted by Gasteiger charge is -2.32. The fraction of sp³-hybridized carbons (Fsp3) is 0.417. The van der Waals surface area contributed by atoms with Crippen LogP contribution in [-0.4, -0.2) is 45.0 Å². The molecule has 1 aromatic carbocycles. The third kappa shape index (κ3) is 6.54. The molecule has 3 rings (SSSR count). The number of piperidine rings is 1. The number of esters is 1. The standard InChI is InChI=1S/C24H27FN4O5S/c1-3-34-24(31)20-12-19(14-26)22(27-21(20)13-25)29-9-7-18(8-10-29)23(30)28-35(32,33)15-17-6-4-5-16(2)11-17/h4-6,11-12,18H,3,7-10,13,15H2,1-2H3,(H,28,30). The lowest BCUT2D eigenvalue weighted by molar-refractivity contribution is -0.123. The highest BCUT2D eigenvalue weighted by Crippen LogP contribution is 2.27. The van der Waals surface area contributed by atoms with Crippen LogP contribution in [0.25, 0.3) is 0 Å². The number of aromatic nitrogens is 1. The van der Waals surface area contributed by atoms with Crippen LogP contribution in [0.15, 0.2) is 30.3 Å². The second-order valence-corrected chi connectivity index (χ2v) is 10.0. The van der Waals surface area contributed by atoms with Crippen molar-refractivity contribution < 1.29 is 27.1 Å². The second kappa shape index (κ2) is 11.3. The Bertz CT molecular complexity index is 1250. The minimum Gasteiger partial charge on any atom is -0.462 e. The first-order valence-electron chi connectivity index (χ1n) is 11.2.